The molecule has 3 nitrogen and oxygen atoms in total. The van der Waals surface area contributed by atoms with E-state index in [-0.39, 0.29) is 22.6 Å². The number of allylic oxidation sites excluding steroid dienone is 1. The van der Waals surface area contributed by atoms with Gasteiger partial charge in [0, 0.05) is 28.2 Å². The quantitative estimate of drug-likeness (QED) is 0.148. The molecule has 0 aliphatic heterocycles. The first-order valence-electron chi connectivity index (χ1n) is 16.0. The average molecular weight is 608 g/mol. The summed E-state index contributed by atoms with van der Waals surface area (Å²) in [6.07, 6.45) is 1.74. The van der Waals surface area contributed by atoms with Gasteiger partial charge in [-0.3, -0.25) is 9.59 Å². The van der Waals surface area contributed by atoms with Gasteiger partial charge in [-0.25, -0.2) is 0 Å². The molecular formula is C44H33NO2. The number of benzene rings is 7. The van der Waals surface area contributed by atoms with Crippen LogP contribution in [0.4, 0.5) is 17.1 Å². The number of rotatable bonds is 4. The second kappa shape index (κ2) is 10.9. The number of hydrogen-bond donors (Lipinski definition) is 0. The van der Waals surface area contributed by atoms with Gasteiger partial charge in [0.2, 0.25) is 0 Å². The van der Waals surface area contributed by atoms with Gasteiger partial charge in [-0.1, -0.05) is 106 Å². The number of hydrogen-bond acceptors (Lipinski definition) is 3. The monoisotopic (exact) mass is 607 g/mol. The van der Waals surface area contributed by atoms with Crippen molar-refractivity contribution in [3.63, 3.8) is 0 Å². The fourth-order valence-electron chi connectivity index (χ4n) is 6.66. The van der Waals surface area contributed by atoms with Gasteiger partial charge in [0.1, 0.15) is 0 Å². The zero-order valence-corrected chi connectivity index (χ0v) is 26.6. The molecule has 0 spiro atoms. The predicted molar refractivity (Wildman–Crippen MR) is 195 cm³/mol. The van der Waals surface area contributed by atoms with Crippen LogP contribution in [0.1, 0.15) is 52.6 Å². The van der Waals surface area contributed by atoms with E-state index in [1.54, 1.807) is 6.08 Å². The van der Waals surface area contributed by atoms with Gasteiger partial charge in [-0.2, -0.15) is 0 Å². The van der Waals surface area contributed by atoms with Crippen molar-refractivity contribution < 1.29 is 9.59 Å². The Labute approximate surface area is 274 Å². The van der Waals surface area contributed by atoms with Crippen LogP contribution in [0.25, 0.3) is 38.4 Å². The first kappa shape index (κ1) is 28.7. The molecule has 47 heavy (non-hydrogen) atoms. The Morgan fingerprint density at radius 1 is 0.468 bits per heavy atom. The Morgan fingerprint density at radius 3 is 1.49 bits per heavy atom. The molecule has 226 valence electrons. The summed E-state index contributed by atoms with van der Waals surface area (Å²) in [4.78, 5) is 29.0. The highest BCUT2D eigenvalue weighted by Gasteiger charge is 2.33. The van der Waals surface area contributed by atoms with Gasteiger partial charge >= 0.3 is 0 Å². The second-order valence-corrected chi connectivity index (χ2v) is 13.4. The maximum atomic E-state index is 13.4. The third kappa shape index (κ3) is 5.10. The summed E-state index contributed by atoms with van der Waals surface area (Å²) < 4.78 is 0. The van der Waals surface area contributed by atoms with Crippen molar-refractivity contribution >= 4 is 67.0 Å². The maximum Gasteiger partial charge on any atom is 0.197 e. The minimum absolute atomic E-state index is 0.0624. The van der Waals surface area contributed by atoms with Crippen LogP contribution in [0.5, 0.6) is 0 Å². The van der Waals surface area contributed by atoms with Crippen LogP contribution in [0, 0.1) is 0 Å². The van der Waals surface area contributed by atoms with E-state index >= 15 is 0 Å². The molecule has 0 heterocycles. The van der Waals surface area contributed by atoms with Crippen molar-refractivity contribution in [1.82, 2.24) is 0 Å². The smallest absolute Gasteiger partial charge is 0.197 e. The lowest BCUT2D eigenvalue weighted by atomic mass is 9.87. The third-order valence-corrected chi connectivity index (χ3v) is 9.26. The van der Waals surface area contributed by atoms with Gasteiger partial charge in [0.15, 0.2) is 11.6 Å². The number of carbonyl (C=O) groups excluding carboxylic acids is 2. The fraction of sp³-hybridized carbons (Fsp3) is 0.0909. The molecule has 8 rings (SSSR count). The van der Waals surface area contributed by atoms with Crippen molar-refractivity contribution in [2.75, 3.05) is 4.90 Å². The molecular weight excluding hydrogens is 574 g/mol. The number of carbonyl (C=O) groups is 2. The van der Waals surface area contributed by atoms with Gasteiger partial charge < -0.3 is 4.90 Å². The molecule has 0 aromatic heterocycles. The van der Waals surface area contributed by atoms with Gasteiger partial charge in [0.25, 0.3) is 0 Å². The lowest BCUT2D eigenvalue weighted by Crippen LogP contribution is -2.13. The molecule has 0 unspecified atom stereocenters. The number of ketones is 2. The molecule has 0 N–H and O–H groups in total. The molecule has 1 aliphatic carbocycles. The van der Waals surface area contributed by atoms with E-state index in [9.17, 15) is 9.59 Å². The average Bonchev–Trinajstić information content (AvgIpc) is 3.31. The summed E-state index contributed by atoms with van der Waals surface area (Å²) in [6.45, 7) is 6.70. The number of anilines is 3. The molecule has 0 amide bonds. The summed E-state index contributed by atoms with van der Waals surface area (Å²) in [7, 11) is 0. The molecule has 0 fully saturated rings. The molecule has 0 saturated carbocycles. The van der Waals surface area contributed by atoms with E-state index in [1.807, 2.05) is 48.5 Å². The zero-order chi connectivity index (χ0) is 32.3. The van der Waals surface area contributed by atoms with Crippen molar-refractivity contribution in [3.05, 3.63) is 167 Å². The van der Waals surface area contributed by atoms with E-state index in [0.717, 1.165) is 44.2 Å². The highest BCUT2D eigenvalue weighted by Crippen LogP contribution is 2.39. The van der Waals surface area contributed by atoms with Crippen LogP contribution in [-0.2, 0) is 5.41 Å². The highest BCUT2D eigenvalue weighted by molar-refractivity contribution is 6.42. The van der Waals surface area contributed by atoms with Crippen LogP contribution < -0.4 is 4.90 Å². The van der Waals surface area contributed by atoms with Gasteiger partial charge in [-0.05, 0) is 110 Å². The van der Waals surface area contributed by atoms with Crippen LogP contribution in [0.15, 0.2) is 145 Å². The highest BCUT2D eigenvalue weighted by atomic mass is 16.2. The Kier molecular flexibility index (Phi) is 6.66. The SMILES string of the molecule is CC(C)(C)c1ccc(N(c2ccc3ccccc3c2)c2ccc3cc(C=C4C(=O)c5cc6ccccc6cc5C4=O)ccc3c2)cc1. The summed E-state index contributed by atoms with van der Waals surface area (Å²) in [6, 6.07) is 47.9. The molecule has 0 bridgehead atoms. The van der Waals surface area contributed by atoms with E-state index in [2.05, 4.69) is 117 Å². The summed E-state index contributed by atoms with van der Waals surface area (Å²) in [5.74, 6) is -0.426. The zero-order valence-electron chi connectivity index (χ0n) is 26.6. The Balaban J connectivity index is 1.18. The maximum absolute atomic E-state index is 13.4. The van der Waals surface area contributed by atoms with Crippen molar-refractivity contribution in [2.45, 2.75) is 26.2 Å². The van der Waals surface area contributed by atoms with Crippen molar-refractivity contribution in [3.8, 4) is 0 Å². The van der Waals surface area contributed by atoms with E-state index in [0.29, 0.717) is 11.1 Å². The van der Waals surface area contributed by atoms with Crippen molar-refractivity contribution in [1.29, 1.82) is 0 Å². The van der Waals surface area contributed by atoms with Crippen LogP contribution in [0.3, 0.4) is 0 Å². The van der Waals surface area contributed by atoms with Crippen LogP contribution >= 0.6 is 0 Å². The number of nitrogens with zero attached hydrogens (tertiary/aromatic N) is 1. The summed E-state index contributed by atoms with van der Waals surface area (Å²) in [5.41, 5.74) is 6.56. The molecule has 7 aromatic rings. The molecule has 0 saturated heterocycles. The second-order valence-electron chi connectivity index (χ2n) is 13.4. The molecule has 0 radical (unpaired) electrons. The van der Waals surface area contributed by atoms with Gasteiger partial charge in [0.05, 0.1) is 5.57 Å². The van der Waals surface area contributed by atoms with Gasteiger partial charge in [-0.15, -0.1) is 0 Å². The van der Waals surface area contributed by atoms with E-state index < -0.39 is 0 Å². The first-order valence-corrected chi connectivity index (χ1v) is 16.0. The Morgan fingerprint density at radius 2 is 0.915 bits per heavy atom. The normalized spacial score (nSPS) is 13.0. The fourth-order valence-corrected chi connectivity index (χ4v) is 6.66. The largest absolute Gasteiger partial charge is 0.310 e. The Hall–Kier alpha value is -5.80. The summed E-state index contributed by atoms with van der Waals surface area (Å²) in [5, 5.41) is 6.41. The first-order chi connectivity index (χ1) is 22.7. The standard InChI is InChI=1S/C44H33NO2/c1-44(2,3)35-16-20-36(21-17-35)45(37-18-14-29-8-4-5-9-30(29)24-37)38-19-15-33-22-28(12-13-34(33)25-38)23-41-42(46)39-26-31-10-6-7-11-32(31)27-40(39)43(41)47/h4-27H,1-3H3. The van der Waals surface area contributed by atoms with Crippen LogP contribution in [0.2, 0.25) is 0 Å². The molecule has 0 atom stereocenters. The number of fused-ring (bicyclic) bond motifs is 4. The van der Waals surface area contributed by atoms with E-state index in [4.69, 9.17) is 0 Å². The van der Waals surface area contributed by atoms with Crippen molar-refractivity contribution in [2.24, 2.45) is 0 Å². The van der Waals surface area contributed by atoms with Crippen LogP contribution in [-0.4, -0.2) is 11.6 Å². The third-order valence-electron chi connectivity index (χ3n) is 9.26. The molecule has 3 heteroatoms. The number of Topliss-reactive ketones (excluding diaryl/α,β-unsaturated/α-hetero) is 2. The lowest BCUT2D eigenvalue weighted by Gasteiger charge is -2.27. The molecule has 1 aliphatic rings. The van der Waals surface area contributed by atoms with E-state index in [1.165, 1.54) is 16.3 Å². The summed E-state index contributed by atoms with van der Waals surface area (Å²) >= 11 is 0. The minimum Gasteiger partial charge on any atom is -0.310 e. The predicted octanol–water partition coefficient (Wildman–Crippen LogP) is 11.4. The Bertz CT molecular complexity index is 2370. The topological polar surface area (TPSA) is 37.4 Å². The lowest BCUT2D eigenvalue weighted by molar-refractivity contribution is 0.0990. The minimum atomic E-state index is -0.213. The molecule has 7 aromatic carbocycles.